The van der Waals surface area contributed by atoms with Crippen molar-refractivity contribution >= 4 is 23.5 Å². The quantitative estimate of drug-likeness (QED) is 0.804. The number of hydrogen-bond acceptors (Lipinski definition) is 6. The minimum Gasteiger partial charge on any atom is -0.464 e. The molecule has 0 radical (unpaired) electrons. The summed E-state index contributed by atoms with van der Waals surface area (Å²) in [5, 5.41) is 11.0. The fourth-order valence-electron chi connectivity index (χ4n) is 1.48. The molecule has 5 nitrogen and oxygen atoms in total. The number of esters is 1. The van der Waals surface area contributed by atoms with Crippen LogP contribution in [0, 0.1) is 0 Å². The Bertz CT molecular complexity index is 404. The highest BCUT2D eigenvalue weighted by molar-refractivity contribution is 8.00. The number of anilines is 1. The van der Waals surface area contributed by atoms with Crippen LogP contribution in [0.4, 0.5) is 5.82 Å². The number of methoxy groups -OCH3 is 1. The van der Waals surface area contributed by atoms with Crippen LogP contribution in [0.5, 0.6) is 0 Å². The van der Waals surface area contributed by atoms with Crippen molar-refractivity contribution in [2.45, 2.75) is 17.6 Å². The Labute approximate surface area is 104 Å². The van der Waals surface area contributed by atoms with Crippen LogP contribution < -0.4 is 5.32 Å². The second-order valence-electron chi connectivity index (χ2n) is 4.04. The van der Waals surface area contributed by atoms with Crippen LogP contribution >= 0.6 is 11.8 Å². The molecule has 1 aliphatic carbocycles. The molecule has 17 heavy (non-hydrogen) atoms. The number of nitrogens with zero attached hydrogens (tertiary/aromatic N) is 2. The van der Waals surface area contributed by atoms with Crippen molar-refractivity contribution < 1.29 is 9.53 Å². The monoisotopic (exact) mass is 253 g/mol. The molecule has 0 spiro atoms. The number of ether oxygens (including phenoxy) is 1. The van der Waals surface area contributed by atoms with Gasteiger partial charge in [0.15, 0.2) is 5.69 Å². The van der Waals surface area contributed by atoms with Crippen LogP contribution in [0.2, 0.25) is 0 Å². The summed E-state index contributed by atoms with van der Waals surface area (Å²) in [5.74, 6) is 0.227. The van der Waals surface area contributed by atoms with E-state index >= 15 is 0 Å². The normalized spacial score (nSPS) is 16.4. The summed E-state index contributed by atoms with van der Waals surface area (Å²) >= 11 is 1.88. The number of hydrogen-bond donors (Lipinski definition) is 1. The molecule has 0 saturated heterocycles. The second-order valence-corrected chi connectivity index (χ2v) is 5.31. The lowest BCUT2D eigenvalue weighted by Gasteiger charge is -2.12. The third-order valence-corrected chi connectivity index (χ3v) is 4.31. The van der Waals surface area contributed by atoms with Crippen molar-refractivity contribution in [3.8, 4) is 0 Å². The van der Waals surface area contributed by atoms with Crippen LogP contribution in [0.15, 0.2) is 12.1 Å². The van der Waals surface area contributed by atoms with Gasteiger partial charge in [-0.1, -0.05) is 0 Å². The molecule has 1 aliphatic rings. The molecule has 1 saturated carbocycles. The van der Waals surface area contributed by atoms with Gasteiger partial charge in [0.05, 0.1) is 7.11 Å². The topological polar surface area (TPSA) is 64.1 Å². The average Bonchev–Trinajstić information content (AvgIpc) is 3.17. The summed E-state index contributed by atoms with van der Waals surface area (Å²) in [4.78, 5) is 11.1. The van der Waals surface area contributed by atoms with E-state index in [0.717, 1.165) is 6.54 Å². The minimum atomic E-state index is -0.466. The molecule has 92 valence electrons. The lowest BCUT2D eigenvalue weighted by molar-refractivity contribution is 0.0593. The smallest absolute Gasteiger partial charge is 0.358 e. The van der Waals surface area contributed by atoms with E-state index in [1.807, 2.05) is 11.8 Å². The molecule has 1 heterocycles. The Kier molecular flexibility index (Phi) is 3.51. The molecular formula is C11H15N3O2S. The summed E-state index contributed by atoms with van der Waals surface area (Å²) < 4.78 is 4.93. The highest BCUT2D eigenvalue weighted by Gasteiger charge is 2.41. The van der Waals surface area contributed by atoms with Crippen molar-refractivity contribution in [1.82, 2.24) is 10.2 Å². The van der Waals surface area contributed by atoms with E-state index < -0.39 is 5.97 Å². The van der Waals surface area contributed by atoms with E-state index in [-0.39, 0.29) is 5.69 Å². The number of carbonyl (C=O) groups is 1. The van der Waals surface area contributed by atoms with Crippen molar-refractivity contribution in [2.75, 3.05) is 25.2 Å². The first-order valence-corrected chi connectivity index (χ1v) is 6.63. The fourth-order valence-corrected chi connectivity index (χ4v) is 2.21. The highest BCUT2D eigenvalue weighted by atomic mass is 32.2. The van der Waals surface area contributed by atoms with Crippen LogP contribution in [-0.2, 0) is 4.74 Å². The van der Waals surface area contributed by atoms with Crippen LogP contribution in [-0.4, -0.2) is 40.8 Å². The summed E-state index contributed by atoms with van der Waals surface area (Å²) in [6.45, 7) is 0.889. The zero-order valence-electron chi connectivity index (χ0n) is 9.90. The number of thioether (sulfide) groups is 1. The van der Waals surface area contributed by atoms with E-state index in [4.69, 9.17) is 0 Å². The van der Waals surface area contributed by atoms with Gasteiger partial charge in [-0.2, -0.15) is 11.8 Å². The summed E-state index contributed by atoms with van der Waals surface area (Å²) in [6.07, 6.45) is 4.62. The molecular weight excluding hydrogens is 238 g/mol. The Morgan fingerprint density at radius 2 is 2.29 bits per heavy atom. The molecule has 0 aromatic carbocycles. The van der Waals surface area contributed by atoms with Crippen LogP contribution in [0.1, 0.15) is 23.3 Å². The van der Waals surface area contributed by atoms with Gasteiger partial charge < -0.3 is 10.1 Å². The third-order valence-electron chi connectivity index (χ3n) is 2.89. The molecule has 0 amide bonds. The maximum absolute atomic E-state index is 11.1. The van der Waals surface area contributed by atoms with Gasteiger partial charge in [-0.15, -0.1) is 10.2 Å². The Balaban J connectivity index is 1.92. The van der Waals surface area contributed by atoms with Gasteiger partial charge in [0.25, 0.3) is 0 Å². The summed E-state index contributed by atoms with van der Waals surface area (Å²) in [6, 6.07) is 3.36. The van der Waals surface area contributed by atoms with Gasteiger partial charge in [0, 0.05) is 11.3 Å². The molecule has 1 fully saturated rings. The molecule has 0 atom stereocenters. The van der Waals surface area contributed by atoms with Crippen molar-refractivity contribution in [3.63, 3.8) is 0 Å². The Hall–Kier alpha value is -1.30. The van der Waals surface area contributed by atoms with Gasteiger partial charge in [-0.3, -0.25) is 0 Å². The van der Waals surface area contributed by atoms with Crippen LogP contribution in [0.3, 0.4) is 0 Å². The first-order chi connectivity index (χ1) is 8.19. The van der Waals surface area contributed by atoms with Crippen molar-refractivity contribution in [1.29, 1.82) is 0 Å². The zero-order valence-corrected chi connectivity index (χ0v) is 10.7. The SMILES string of the molecule is COC(=O)c1ccc(NCC2(SC)CC2)nn1. The molecule has 1 aromatic heterocycles. The molecule has 0 bridgehead atoms. The van der Waals surface area contributed by atoms with E-state index in [9.17, 15) is 4.79 Å². The minimum absolute atomic E-state index is 0.226. The van der Waals surface area contributed by atoms with Crippen LogP contribution in [0.25, 0.3) is 0 Å². The average molecular weight is 253 g/mol. The summed E-state index contributed by atoms with van der Waals surface area (Å²) in [7, 11) is 1.32. The zero-order chi connectivity index (χ0) is 12.3. The number of nitrogens with one attached hydrogen (secondary N) is 1. The Morgan fingerprint density at radius 3 is 2.76 bits per heavy atom. The standard InChI is InChI=1S/C11H15N3O2S/c1-16-10(15)8-3-4-9(14-13-8)12-7-11(17-2)5-6-11/h3-4H,5-7H2,1-2H3,(H,12,14). The Morgan fingerprint density at radius 1 is 1.53 bits per heavy atom. The third kappa shape index (κ3) is 2.88. The largest absolute Gasteiger partial charge is 0.464 e. The maximum atomic E-state index is 11.1. The van der Waals surface area contributed by atoms with E-state index in [1.54, 1.807) is 12.1 Å². The van der Waals surface area contributed by atoms with Gasteiger partial charge >= 0.3 is 5.97 Å². The van der Waals surface area contributed by atoms with Gasteiger partial charge in [0.2, 0.25) is 0 Å². The molecule has 1 aromatic rings. The molecule has 2 rings (SSSR count). The lowest BCUT2D eigenvalue weighted by atomic mass is 10.3. The second kappa shape index (κ2) is 4.91. The number of rotatable bonds is 5. The lowest BCUT2D eigenvalue weighted by Crippen LogP contribution is -2.18. The van der Waals surface area contributed by atoms with Crippen molar-refractivity contribution in [2.24, 2.45) is 0 Å². The van der Waals surface area contributed by atoms with Gasteiger partial charge in [-0.25, -0.2) is 4.79 Å². The first kappa shape index (κ1) is 12.2. The molecule has 1 N–H and O–H groups in total. The highest BCUT2D eigenvalue weighted by Crippen LogP contribution is 2.46. The van der Waals surface area contributed by atoms with E-state index in [2.05, 4.69) is 26.5 Å². The van der Waals surface area contributed by atoms with E-state index in [0.29, 0.717) is 10.6 Å². The predicted octanol–water partition coefficient (Wildman–Crippen LogP) is 1.57. The summed E-state index contributed by atoms with van der Waals surface area (Å²) in [5.41, 5.74) is 0.226. The molecule has 0 unspecified atom stereocenters. The number of carbonyl (C=O) groups excluding carboxylic acids is 1. The van der Waals surface area contributed by atoms with Gasteiger partial charge in [-0.05, 0) is 31.2 Å². The molecule has 6 heteroatoms. The molecule has 0 aliphatic heterocycles. The van der Waals surface area contributed by atoms with Gasteiger partial charge in [0.1, 0.15) is 5.82 Å². The first-order valence-electron chi connectivity index (χ1n) is 5.40. The number of aromatic nitrogens is 2. The maximum Gasteiger partial charge on any atom is 0.358 e. The predicted molar refractivity (Wildman–Crippen MR) is 67.3 cm³/mol. The van der Waals surface area contributed by atoms with Crippen molar-refractivity contribution in [3.05, 3.63) is 17.8 Å². The van der Waals surface area contributed by atoms with E-state index in [1.165, 1.54) is 20.0 Å². The fraction of sp³-hybridized carbons (Fsp3) is 0.545.